The van der Waals surface area contributed by atoms with Crippen LogP contribution >= 0.6 is 22.7 Å². The summed E-state index contributed by atoms with van der Waals surface area (Å²) in [5, 5.41) is 1.95. The monoisotopic (exact) mass is 515 g/mol. The Kier molecular flexibility index (Phi) is 6.71. The van der Waals surface area contributed by atoms with E-state index >= 15 is 0 Å². The highest BCUT2D eigenvalue weighted by Gasteiger charge is 2.35. The van der Waals surface area contributed by atoms with Gasteiger partial charge < -0.3 is 9.64 Å². The van der Waals surface area contributed by atoms with E-state index in [-0.39, 0.29) is 12.2 Å². The maximum absolute atomic E-state index is 13.8. The molecular weight excluding hydrogens is 490 g/mol. The van der Waals surface area contributed by atoms with Crippen LogP contribution in [0.2, 0.25) is 0 Å². The highest BCUT2D eigenvalue weighted by Crippen LogP contribution is 2.36. The normalized spacial score (nSPS) is 15.4. The number of aromatic nitrogens is 1. The van der Waals surface area contributed by atoms with Crippen LogP contribution < -0.4 is 19.8 Å². The number of hydrogen-bond acceptors (Lipinski definition) is 7. The second-order valence-corrected chi connectivity index (χ2v) is 10.4. The summed E-state index contributed by atoms with van der Waals surface area (Å²) in [5.41, 5.74) is 3.54. The van der Waals surface area contributed by atoms with Gasteiger partial charge in [0, 0.05) is 30.2 Å². The van der Waals surface area contributed by atoms with Gasteiger partial charge in [0.1, 0.15) is 6.04 Å². The number of carbonyl (C=O) groups is 1. The highest BCUT2D eigenvalue weighted by atomic mass is 32.1. The average Bonchev–Trinajstić information content (AvgIpc) is 3.52. The molecule has 1 atom stereocenters. The fourth-order valence-corrected chi connectivity index (χ4v) is 6.00. The van der Waals surface area contributed by atoms with E-state index in [9.17, 15) is 9.59 Å². The Hall–Kier alpha value is -3.75. The summed E-state index contributed by atoms with van der Waals surface area (Å²) in [7, 11) is 3.98. The van der Waals surface area contributed by atoms with Gasteiger partial charge in [-0.05, 0) is 42.1 Å². The molecule has 6 nitrogen and oxygen atoms in total. The van der Waals surface area contributed by atoms with Crippen molar-refractivity contribution in [2.45, 2.75) is 13.0 Å². The van der Waals surface area contributed by atoms with E-state index in [1.54, 1.807) is 11.5 Å². The number of anilines is 1. The molecule has 5 rings (SSSR count). The topological polar surface area (TPSA) is 63.9 Å². The van der Waals surface area contributed by atoms with E-state index < -0.39 is 12.0 Å². The first kappa shape index (κ1) is 24.0. The Bertz CT molecular complexity index is 1600. The van der Waals surface area contributed by atoms with Gasteiger partial charge in [0.05, 0.1) is 22.4 Å². The Morgan fingerprint density at radius 2 is 1.83 bits per heavy atom. The number of rotatable bonds is 6. The molecule has 0 saturated heterocycles. The van der Waals surface area contributed by atoms with Gasteiger partial charge in [-0.1, -0.05) is 59.9 Å². The van der Waals surface area contributed by atoms with Gasteiger partial charge in [-0.3, -0.25) is 9.36 Å². The molecule has 0 spiro atoms. The molecule has 2 aromatic heterocycles. The number of hydrogen-bond donors (Lipinski definition) is 0. The molecule has 1 unspecified atom stereocenters. The summed E-state index contributed by atoms with van der Waals surface area (Å²) < 4.78 is 7.67. The fraction of sp³-hybridized carbons (Fsp3) is 0.179. The first-order valence-electron chi connectivity index (χ1n) is 11.6. The summed E-state index contributed by atoms with van der Waals surface area (Å²) in [6.45, 7) is 2.01. The van der Waals surface area contributed by atoms with Crippen LogP contribution in [-0.2, 0) is 9.53 Å². The van der Waals surface area contributed by atoms with Gasteiger partial charge in [0.15, 0.2) is 4.80 Å². The Balaban J connectivity index is 1.76. The van der Waals surface area contributed by atoms with E-state index in [2.05, 4.69) is 0 Å². The molecule has 0 saturated carbocycles. The van der Waals surface area contributed by atoms with Crippen LogP contribution in [0.15, 0.2) is 87.5 Å². The third-order valence-electron chi connectivity index (χ3n) is 5.89. The number of carbonyl (C=O) groups excluding carboxylic acids is 1. The molecule has 0 N–H and O–H groups in total. The van der Waals surface area contributed by atoms with Gasteiger partial charge in [-0.15, -0.1) is 11.3 Å². The largest absolute Gasteiger partial charge is 0.463 e. The quantitative estimate of drug-likeness (QED) is 0.363. The molecule has 0 fully saturated rings. The summed E-state index contributed by atoms with van der Waals surface area (Å²) in [6, 6.07) is 20.8. The van der Waals surface area contributed by atoms with E-state index in [0.29, 0.717) is 20.6 Å². The minimum absolute atomic E-state index is 0.178. The van der Waals surface area contributed by atoms with Gasteiger partial charge in [-0.2, -0.15) is 0 Å². The summed E-state index contributed by atoms with van der Waals surface area (Å²) >= 11 is 2.83. The first-order chi connectivity index (χ1) is 17.5. The minimum atomic E-state index is -0.617. The highest BCUT2D eigenvalue weighted by molar-refractivity contribution is 7.10. The zero-order valence-corrected chi connectivity index (χ0v) is 21.8. The fourth-order valence-electron chi connectivity index (χ4n) is 4.18. The molecule has 0 bridgehead atoms. The number of benzene rings is 2. The van der Waals surface area contributed by atoms with Crippen molar-refractivity contribution >= 4 is 46.1 Å². The molecule has 36 heavy (non-hydrogen) atoms. The summed E-state index contributed by atoms with van der Waals surface area (Å²) in [5.74, 6) is -0.466. The SMILES string of the molecule is CCOC(=O)C1=C(c2ccccc2)N=c2s/c(=C\c3ccc(N(C)C)cc3)c(=O)n2C1c1cccs1. The van der Waals surface area contributed by atoms with Crippen molar-refractivity contribution in [3.63, 3.8) is 0 Å². The predicted molar refractivity (Wildman–Crippen MR) is 146 cm³/mol. The van der Waals surface area contributed by atoms with Gasteiger partial charge in [0.25, 0.3) is 5.56 Å². The van der Waals surface area contributed by atoms with Crippen LogP contribution in [0.4, 0.5) is 5.69 Å². The molecule has 1 aliphatic heterocycles. The van der Waals surface area contributed by atoms with Crippen molar-refractivity contribution in [1.29, 1.82) is 0 Å². The molecule has 3 heterocycles. The van der Waals surface area contributed by atoms with Crippen molar-refractivity contribution in [2.24, 2.45) is 4.99 Å². The van der Waals surface area contributed by atoms with Crippen LogP contribution in [-0.4, -0.2) is 31.2 Å². The Morgan fingerprint density at radius 3 is 2.47 bits per heavy atom. The second kappa shape index (κ2) is 10.1. The van der Waals surface area contributed by atoms with Crippen molar-refractivity contribution in [3.8, 4) is 0 Å². The molecule has 182 valence electrons. The standard InChI is InChI=1S/C28H25N3O3S2/c1-4-34-27(33)23-24(19-9-6-5-7-10-19)29-28-31(25(23)21-11-8-16-35-21)26(32)22(36-28)17-18-12-14-20(15-13-18)30(2)3/h5-17,25H,4H2,1-3H3/b22-17-. The zero-order chi connectivity index (χ0) is 25.2. The third-order valence-corrected chi connectivity index (χ3v) is 7.80. The number of fused-ring (bicyclic) bond motifs is 1. The van der Waals surface area contributed by atoms with E-state index in [4.69, 9.17) is 9.73 Å². The number of thiophene rings is 1. The minimum Gasteiger partial charge on any atom is -0.463 e. The van der Waals surface area contributed by atoms with E-state index in [1.165, 1.54) is 22.7 Å². The zero-order valence-electron chi connectivity index (χ0n) is 20.2. The molecule has 1 aliphatic rings. The molecule has 0 radical (unpaired) electrons. The molecule has 0 aliphatic carbocycles. The first-order valence-corrected chi connectivity index (χ1v) is 13.3. The maximum atomic E-state index is 13.8. The Morgan fingerprint density at radius 1 is 1.08 bits per heavy atom. The van der Waals surface area contributed by atoms with Crippen molar-refractivity contribution in [3.05, 3.63) is 113 Å². The number of nitrogens with zero attached hydrogens (tertiary/aromatic N) is 3. The molecule has 4 aromatic rings. The number of ether oxygens (including phenoxy) is 1. The van der Waals surface area contributed by atoms with Crippen LogP contribution in [0.25, 0.3) is 11.8 Å². The van der Waals surface area contributed by atoms with E-state index in [1.807, 2.05) is 97.2 Å². The van der Waals surface area contributed by atoms with Gasteiger partial charge in [-0.25, -0.2) is 9.79 Å². The smallest absolute Gasteiger partial charge is 0.338 e. The summed E-state index contributed by atoms with van der Waals surface area (Å²) in [6.07, 6.45) is 1.88. The van der Waals surface area contributed by atoms with Crippen molar-refractivity contribution in [2.75, 3.05) is 25.6 Å². The average molecular weight is 516 g/mol. The van der Waals surface area contributed by atoms with Gasteiger partial charge in [0.2, 0.25) is 0 Å². The van der Waals surface area contributed by atoms with Gasteiger partial charge >= 0.3 is 5.97 Å². The lowest BCUT2D eigenvalue weighted by Gasteiger charge is -2.24. The van der Waals surface area contributed by atoms with E-state index in [0.717, 1.165) is 21.7 Å². The summed E-state index contributed by atoms with van der Waals surface area (Å²) in [4.78, 5) is 35.4. The lowest BCUT2D eigenvalue weighted by Crippen LogP contribution is -2.39. The van der Waals surface area contributed by atoms with Crippen molar-refractivity contribution in [1.82, 2.24) is 4.57 Å². The van der Waals surface area contributed by atoms with Crippen LogP contribution in [0.1, 0.15) is 29.0 Å². The molecule has 0 amide bonds. The number of thiazole rings is 1. The third kappa shape index (κ3) is 4.45. The number of esters is 1. The molecular formula is C28H25N3O3S2. The van der Waals surface area contributed by atoms with Crippen LogP contribution in [0.3, 0.4) is 0 Å². The maximum Gasteiger partial charge on any atom is 0.338 e. The van der Waals surface area contributed by atoms with Crippen LogP contribution in [0, 0.1) is 0 Å². The predicted octanol–water partition coefficient (Wildman–Crippen LogP) is 4.06. The molecule has 8 heteroatoms. The molecule has 2 aromatic carbocycles. The lowest BCUT2D eigenvalue weighted by atomic mass is 9.97. The van der Waals surface area contributed by atoms with Crippen molar-refractivity contribution < 1.29 is 9.53 Å². The van der Waals surface area contributed by atoms with Crippen LogP contribution in [0.5, 0.6) is 0 Å². The Labute approximate surface area is 216 Å². The lowest BCUT2D eigenvalue weighted by molar-refractivity contribution is -0.138. The second-order valence-electron chi connectivity index (χ2n) is 8.43.